The molecule has 10 nitrogen and oxygen atoms in total. The van der Waals surface area contributed by atoms with Crippen molar-refractivity contribution in [3.63, 3.8) is 0 Å². The number of hydrogen-bond donors (Lipinski definition) is 2. The Morgan fingerprint density at radius 2 is 1.68 bits per heavy atom. The van der Waals surface area contributed by atoms with Crippen LogP contribution in [0.4, 0.5) is 11.6 Å². The molecule has 0 unspecified atom stereocenters. The van der Waals surface area contributed by atoms with Crippen LogP contribution in [0.15, 0.2) is 59.6 Å². The molecule has 31 heavy (non-hydrogen) atoms. The van der Waals surface area contributed by atoms with Gasteiger partial charge in [0.2, 0.25) is 5.95 Å². The fourth-order valence-corrected chi connectivity index (χ4v) is 4.01. The SMILES string of the molecule is Cc1ccnc(NS(=O)(=O)c2ccc(N3C(=O)c4ccc(C(=O)O)cc4C3=O)cc2)n1. The van der Waals surface area contributed by atoms with E-state index in [0.717, 1.165) is 11.0 Å². The molecule has 0 fully saturated rings. The lowest BCUT2D eigenvalue weighted by Crippen LogP contribution is -2.29. The van der Waals surface area contributed by atoms with Gasteiger partial charge in [-0.1, -0.05) is 0 Å². The van der Waals surface area contributed by atoms with E-state index in [2.05, 4.69) is 14.7 Å². The molecule has 0 atom stereocenters. The van der Waals surface area contributed by atoms with Gasteiger partial charge in [-0.15, -0.1) is 0 Å². The van der Waals surface area contributed by atoms with Crippen molar-refractivity contribution >= 4 is 39.4 Å². The zero-order chi connectivity index (χ0) is 22.3. The number of sulfonamides is 1. The number of carboxylic acids is 1. The minimum Gasteiger partial charge on any atom is -0.478 e. The Balaban J connectivity index is 1.61. The van der Waals surface area contributed by atoms with Gasteiger partial charge in [0.05, 0.1) is 27.3 Å². The molecule has 0 bridgehead atoms. The van der Waals surface area contributed by atoms with Gasteiger partial charge in [-0.3, -0.25) is 9.59 Å². The van der Waals surface area contributed by atoms with Crippen molar-refractivity contribution < 1.29 is 27.9 Å². The highest BCUT2D eigenvalue weighted by atomic mass is 32.2. The number of aromatic nitrogens is 2. The number of carboxylic acid groups (broad SMARTS) is 1. The van der Waals surface area contributed by atoms with Crippen molar-refractivity contribution in [1.82, 2.24) is 9.97 Å². The topological polar surface area (TPSA) is 147 Å². The molecule has 1 aliphatic heterocycles. The van der Waals surface area contributed by atoms with Crippen LogP contribution in [0.25, 0.3) is 0 Å². The molecule has 3 aromatic rings. The molecule has 2 amide bonds. The fraction of sp³-hybridized carbons (Fsp3) is 0.0500. The number of amides is 2. The number of aryl methyl sites for hydroxylation is 1. The van der Waals surface area contributed by atoms with Crippen molar-refractivity contribution in [3.05, 3.63) is 77.1 Å². The monoisotopic (exact) mass is 438 g/mol. The number of nitrogens with zero attached hydrogens (tertiary/aromatic N) is 3. The summed E-state index contributed by atoms with van der Waals surface area (Å²) < 4.78 is 27.4. The molecule has 0 saturated carbocycles. The quantitative estimate of drug-likeness (QED) is 0.576. The third-order valence-corrected chi connectivity index (χ3v) is 5.90. The van der Waals surface area contributed by atoms with Crippen LogP contribution < -0.4 is 9.62 Å². The number of imide groups is 1. The molecule has 0 radical (unpaired) electrons. The Morgan fingerprint density at radius 1 is 1.00 bits per heavy atom. The molecule has 156 valence electrons. The highest BCUT2D eigenvalue weighted by molar-refractivity contribution is 7.92. The Labute approximate surface area is 176 Å². The Morgan fingerprint density at radius 3 is 2.32 bits per heavy atom. The molecule has 1 aliphatic rings. The highest BCUT2D eigenvalue weighted by Crippen LogP contribution is 2.30. The van der Waals surface area contributed by atoms with Crippen LogP contribution in [0.5, 0.6) is 0 Å². The van der Waals surface area contributed by atoms with E-state index in [9.17, 15) is 22.8 Å². The summed E-state index contributed by atoms with van der Waals surface area (Å²) in [5.41, 5.74) is 0.658. The predicted octanol–water partition coefficient (Wildman–Crippen LogP) is 2.08. The third kappa shape index (κ3) is 3.62. The van der Waals surface area contributed by atoms with Crippen LogP contribution in [0.2, 0.25) is 0 Å². The first-order valence-electron chi connectivity index (χ1n) is 8.86. The third-order valence-electron chi connectivity index (χ3n) is 4.56. The second-order valence-corrected chi connectivity index (χ2v) is 8.31. The second-order valence-electron chi connectivity index (χ2n) is 6.63. The van der Waals surface area contributed by atoms with Crippen molar-refractivity contribution in [2.45, 2.75) is 11.8 Å². The average molecular weight is 438 g/mol. The molecule has 4 rings (SSSR count). The molecule has 0 aliphatic carbocycles. The minimum atomic E-state index is -3.99. The number of rotatable bonds is 5. The number of nitrogens with one attached hydrogen (secondary N) is 1. The van der Waals surface area contributed by atoms with Crippen LogP contribution in [0.3, 0.4) is 0 Å². The summed E-state index contributed by atoms with van der Waals surface area (Å²) in [6.45, 7) is 1.69. The fourth-order valence-electron chi connectivity index (χ4n) is 3.06. The number of hydrogen-bond acceptors (Lipinski definition) is 7. The van der Waals surface area contributed by atoms with Crippen LogP contribution in [-0.2, 0) is 10.0 Å². The normalized spacial score (nSPS) is 13.3. The molecular formula is C20H14N4O6S. The van der Waals surface area contributed by atoms with E-state index < -0.39 is 27.8 Å². The van der Waals surface area contributed by atoms with Gasteiger partial charge in [0.15, 0.2) is 0 Å². The average Bonchev–Trinajstić information content (AvgIpc) is 2.97. The van der Waals surface area contributed by atoms with E-state index in [1.807, 2.05) is 0 Å². The summed E-state index contributed by atoms with van der Waals surface area (Å²) in [6.07, 6.45) is 1.42. The molecular weight excluding hydrogens is 424 g/mol. The summed E-state index contributed by atoms with van der Waals surface area (Å²) in [7, 11) is -3.99. The molecule has 2 heterocycles. The van der Waals surface area contributed by atoms with Crippen molar-refractivity contribution in [1.29, 1.82) is 0 Å². The maximum atomic E-state index is 12.7. The first-order valence-corrected chi connectivity index (χ1v) is 10.3. The first-order chi connectivity index (χ1) is 14.7. The minimum absolute atomic E-state index is 0.0279. The van der Waals surface area contributed by atoms with Crippen LogP contribution in [0, 0.1) is 6.92 Å². The van der Waals surface area contributed by atoms with Crippen molar-refractivity contribution in [2.24, 2.45) is 0 Å². The summed E-state index contributed by atoms with van der Waals surface area (Å²) >= 11 is 0. The zero-order valence-electron chi connectivity index (χ0n) is 15.9. The van der Waals surface area contributed by atoms with Gasteiger partial charge in [-0.25, -0.2) is 32.8 Å². The van der Waals surface area contributed by atoms with Crippen LogP contribution in [-0.4, -0.2) is 41.3 Å². The maximum Gasteiger partial charge on any atom is 0.335 e. The van der Waals surface area contributed by atoms with Gasteiger partial charge >= 0.3 is 5.97 Å². The molecule has 0 spiro atoms. The lowest BCUT2D eigenvalue weighted by atomic mass is 10.1. The number of fused-ring (bicyclic) bond motifs is 1. The standard InChI is InChI=1S/C20H14N4O6S/c1-11-8-9-21-20(22-11)23-31(29,30)14-5-3-13(4-6-14)24-17(25)15-7-2-12(19(27)28)10-16(15)18(24)26/h2-10H,1H3,(H,27,28)(H,21,22,23). The smallest absolute Gasteiger partial charge is 0.335 e. The van der Waals surface area contributed by atoms with E-state index in [1.165, 1.54) is 42.6 Å². The van der Waals surface area contributed by atoms with Crippen molar-refractivity contribution in [2.75, 3.05) is 9.62 Å². The molecule has 11 heteroatoms. The molecule has 2 aromatic carbocycles. The lowest BCUT2D eigenvalue weighted by Gasteiger charge is -2.14. The summed E-state index contributed by atoms with van der Waals surface area (Å²) in [4.78, 5) is 45.1. The van der Waals surface area contributed by atoms with E-state index in [1.54, 1.807) is 13.0 Å². The number of carbonyl (C=O) groups is 3. The van der Waals surface area contributed by atoms with Crippen LogP contribution in [0.1, 0.15) is 36.8 Å². The predicted molar refractivity (Wildman–Crippen MR) is 109 cm³/mol. The number of carbonyl (C=O) groups excluding carboxylic acids is 2. The van der Waals surface area contributed by atoms with Gasteiger partial charge in [0.1, 0.15) is 0 Å². The summed E-state index contributed by atoms with van der Waals surface area (Å²) in [6, 6.07) is 10.4. The van der Waals surface area contributed by atoms with Gasteiger partial charge in [0, 0.05) is 11.9 Å². The summed E-state index contributed by atoms with van der Waals surface area (Å²) in [5.74, 6) is -2.62. The highest BCUT2D eigenvalue weighted by Gasteiger charge is 2.37. The lowest BCUT2D eigenvalue weighted by molar-refractivity contribution is 0.0696. The Bertz CT molecular complexity index is 1350. The van der Waals surface area contributed by atoms with Crippen molar-refractivity contribution in [3.8, 4) is 0 Å². The molecule has 0 saturated heterocycles. The van der Waals surface area contributed by atoms with E-state index in [0.29, 0.717) is 5.69 Å². The number of aromatic carboxylic acids is 1. The van der Waals surface area contributed by atoms with Gasteiger partial charge < -0.3 is 5.11 Å². The number of anilines is 2. The number of benzene rings is 2. The van der Waals surface area contributed by atoms with E-state index >= 15 is 0 Å². The maximum absolute atomic E-state index is 12.7. The zero-order valence-corrected chi connectivity index (χ0v) is 16.8. The van der Waals surface area contributed by atoms with Gasteiger partial charge in [-0.2, -0.15) is 0 Å². The molecule has 1 aromatic heterocycles. The van der Waals surface area contributed by atoms with E-state index in [4.69, 9.17) is 5.11 Å². The van der Waals surface area contributed by atoms with E-state index in [-0.39, 0.29) is 33.2 Å². The molecule has 2 N–H and O–H groups in total. The van der Waals surface area contributed by atoms with Gasteiger partial charge in [0.25, 0.3) is 21.8 Å². The Kier molecular flexibility index (Phi) is 4.74. The second kappa shape index (κ2) is 7.29. The largest absolute Gasteiger partial charge is 0.478 e. The van der Waals surface area contributed by atoms with Crippen LogP contribution >= 0.6 is 0 Å². The van der Waals surface area contributed by atoms with Gasteiger partial charge in [-0.05, 0) is 55.5 Å². The first kappa shape index (κ1) is 20.2. The Hall–Kier alpha value is -4.12. The summed E-state index contributed by atoms with van der Waals surface area (Å²) in [5, 5.41) is 9.10.